The third-order valence-electron chi connectivity index (χ3n) is 4.18. The van der Waals surface area contributed by atoms with Crippen LogP contribution in [-0.4, -0.2) is 21.3 Å². The first-order valence-electron chi connectivity index (χ1n) is 7.90. The molecule has 1 unspecified atom stereocenters. The fraction of sp³-hybridized carbons (Fsp3) is 0.222. The van der Waals surface area contributed by atoms with Gasteiger partial charge in [-0.3, -0.25) is 4.57 Å². The molecule has 0 N–H and O–H groups in total. The van der Waals surface area contributed by atoms with E-state index in [0.717, 1.165) is 29.9 Å². The van der Waals surface area contributed by atoms with Crippen molar-refractivity contribution in [3.8, 4) is 0 Å². The first kappa shape index (κ1) is 15.2. The number of nitrogens with zero attached hydrogens (tertiary/aromatic N) is 4. The Labute approximate surface area is 144 Å². The van der Waals surface area contributed by atoms with E-state index < -0.39 is 0 Å². The summed E-state index contributed by atoms with van der Waals surface area (Å²) in [6, 6.07) is 16.9. The van der Waals surface area contributed by atoms with E-state index in [4.69, 9.17) is 0 Å². The minimum Gasteiger partial charge on any atom is -0.309 e. The topological polar surface area (TPSA) is 34.0 Å². The van der Waals surface area contributed by atoms with Crippen molar-refractivity contribution < 1.29 is 4.39 Å². The Hall–Kier alpha value is -2.34. The summed E-state index contributed by atoms with van der Waals surface area (Å²) in [5, 5.41) is 9.93. The number of hydrogen-bond acceptors (Lipinski definition) is 4. The van der Waals surface area contributed by atoms with Gasteiger partial charge >= 0.3 is 0 Å². The second-order valence-corrected chi connectivity index (χ2v) is 7.04. The van der Waals surface area contributed by atoms with Gasteiger partial charge in [0.15, 0.2) is 5.16 Å². The van der Waals surface area contributed by atoms with Crippen LogP contribution >= 0.6 is 11.8 Å². The number of benzene rings is 2. The largest absolute Gasteiger partial charge is 0.309 e. The predicted molar refractivity (Wildman–Crippen MR) is 94.1 cm³/mol. The molecule has 1 atom stereocenters. The number of hydrogen-bond donors (Lipinski definition) is 0. The molecule has 0 bridgehead atoms. The van der Waals surface area contributed by atoms with Crippen LogP contribution in [0.5, 0.6) is 0 Å². The van der Waals surface area contributed by atoms with E-state index in [2.05, 4.69) is 50.9 Å². The zero-order valence-electron chi connectivity index (χ0n) is 13.3. The average Bonchev–Trinajstić information content (AvgIpc) is 3.20. The van der Waals surface area contributed by atoms with Crippen LogP contribution in [-0.2, 0) is 6.54 Å². The SMILES string of the molecule is CC(Sc1nnc2n1CCN2c1ccc(F)cc1)c1ccccc1. The Balaban J connectivity index is 1.56. The van der Waals surface area contributed by atoms with Crippen LogP contribution < -0.4 is 4.90 Å². The average molecular weight is 340 g/mol. The molecule has 0 spiro atoms. The van der Waals surface area contributed by atoms with Crippen LogP contribution in [0.4, 0.5) is 16.0 Å². The third kappa shape index (κ3) is 2.78. The molecular formula is C18H17FN4S. The molecule has 122 valence electrons. The lowest BCUT2D eigenvalue weighted by Gasteiger charge is -2.15. The van der Waals surface area contributed by atoms with Crippen molar-refractivity contribution in [2.45, 2.75) is 23.9 Å². The molecule has 1 aromatic heterocycles. The van der Waals surface area contributed by atoms with Gasteiger partial charge in [-0.15, -0.1) is 10.2 Å². The minimum atomic E-state index is -0.229. The van der Waals surface area contributed by atoms with E-state index in [1.165, 1.54) is 17.7 Å². The number of anilines is 2. The number of rotatable bonds is 4. The number of aromatic nitrogens is 3. The smallest absolute Gasteiger partial charge is 0.232 e. The van der Waals surface area contributed by atoms with Gasteiger partial charge in [0.05, 0.1) is 0 Å². The zero-order chi connectivity index (χ0) is 16.5. The van der Waals surface area contributed by atoms with Crippen molar-refractivity contribution in [2.75, 3.05) is 11.4 Å². The van der Waals surface area contributed by atoms with Crippen molar-refractivity contribution in [3.63, 3.8) is 0 Å². The summed E-state index contributed by atoms with van der Waals surface area (Å²) in [5.41, 5.74) is 2.21. The Morgan fingerprint density at radius 1 is 1.00 bits per heavy atom. The van der Waals surface area contributed by atoms with Gasteiger partial charge in [0.1, 0.15) is 5.82 Å². The molecule has 1 aliphatic heterocycles. The zero-order valence-corrected chi connectivity index (χ0v) is 14.1. The summed E-state index contributed by atoms with van der Waals surface area (Å²) < 4.78 is 15.3. The van der Waals surface area contributed by atoms with E-state index in [-0.39, 0.29) is 5.82 Å². The van der Waals surface area contributed by atoms with Gasteiger partial charge in [-0.05, 0) is 36.8 Å². The molecule has 0 radical (unpaired) electrons. The van der Waals surface area contributed by atoms with Crippen molar-refractivity contribution in [3.05, 3.63) is 66.0 Å². The van der Waals surface area contributed by atoms with Crippen LogP contribution in [0, 0.1) is 5.82 Å². The second-order valence-electron chi connectivity index (χ2n) is 5.73. The maximum Gasteiger partial charge on any atom is 0.232 e. The summed E-state index contributed by atoms with van der Waals surface area (Å²) in [7, 11) is 0. The van der Waals surface area contributed by atoms with Crippen molar-refractivity contribution in [2.24, 2.45) is 0 Å². The van der Waals surface area contributed by atoms with Crippen molar-refractivity contribution in [1.29, 1.82) is 0 Å². The highest BCUT2D eigenvalue weighted by atomic mass is 32.2. The van der Waals surface area contributed by atoms with Gasteiger partial charge in [-0.25, -0.2) is 4.39 Å². The molecule has 2 heterocycles. The lowest BCUT2D eigenvalue weighted by molar-refractivity contribution is 0.627. The highest BCUT2D eigenvalue weighted by molar-refractivity contribution is 7.99. The Morgan fingerprint density at radius 2 is 1.75 bits per heavy atom. The van der Waals surface area contributed by atoms with Gasteiger partial charge < -0.3 is 4.90 Å². The lowest BCUT2D eigenvalue weighted by Crippen LogP contribution is -2.14. The first-order chi connectivity index (χ1) is 11.7. The molecule has 0 aliphatic carbocycles. The Morgan fingerprint density at radius 3 is 2.50 bits per heavy atom. The van der Waals surface area contributed by atoms with Crippen LogP contribution in [0.25, 0.3) is 0 Å². The second kappa shape index (κ2) is 6.28. The normalized spacial score (nSPS) is 14.7. The van der Waals surface area contributed by atoms with E-state index in [1.807, 2.05) is 6.07 Å². The lowest BCUT2D eigenvalue weighted by atomic mass is 10.2. The summed E-state index contributed by atoms with van der Waals surface area (Å²) in [5.74, 6) is 0.594. The molecule has 24 heavy (non-hydrogen) atoms. The van der Waals surface area contributed by atoms with Crippen LogP contribution in [0.1, 0.15) is 17.7 Å². The van der Waals surface area contributed by atoms with Crippen LogP contribution in [0.15, 0.2) is 59.8 Å². The third-order valence-corrected chi connectivity index (χ3v) is 5.31. The maximum atomic E-state index is 13.1. The highest BCUT2D eigenvalue weighted by Gasteiger charge is 2.27. The van der Waals surface area contributed by atoms with Gasteiger partial charge in [0, 0.05) is 24.0 Å². The first-order valence-corrected chi connectivity index (χ1v) is 8.78. The van der Waals surface area contributed by atoms with Crippen molar-refractivity contribution >= 4 is 23.4 Å². The fourth-order valence-corrected chi connectivity index (χ4v) is 3.88. The molecule has 0 saturated carbocycles. The van der Waals surface area contributed by atoms with E-state index in [0.29, 0.717) is 5.25 Å². The highest BCUT2D eigenvalue weighted by Crippen LogP contribution is 2.37. The molecule has 0 saturated heterocycles. The van der Waals surface area contributed by atoms with Gasteiger partial charge in [0.2, 0.25) is 5.95 Å². The minimum absolute atomic E-state index is 0.229. The van der Waals surface area contributed by atoms with Gasteiger partial charge in [0.25, 0.3) is 0 Å². The maximum absolute atomic E-state index is 13.1. The van der Waals surface area contributed by atoms with Crippen molar-refractivity contribution in [1.82, 2.24) is 14.8 Å². The Kier molecular flexibility index (Phi) is 3.98. The number of fused-ring (bicyclic) bond motifs is 1. The molecule has 3 aromatic rings. The van der Waals surface area contributed by atoms with Gasteiger partial charge in [-0.1, -0.05) is 42.1 Å². The molecule has 1 aliphatic rings. The summed E-state index contributed by atoms with van der Waals surface area (Å²) in [4.78, 5) is 2.07. The fourth-order valence-electron chi connectivity index (χ4n) is 2.88. The molecule has 0 fully saturated rings. The van der Waals surface area contributed by atoms with Crippen LogP contribution in [0.3, 0.4) is 0 Å². The van der Waals surface area contributed by atoms with E-state index in [9.17, 15) is 4.39 Å². The molecule has 4 nitrogen and oxygen atoms in total. The summed E-state index contributed by atoms with van der Waals surface area (Å²) in [6.45, 7) is 3.83. The van der Waals surface area contributed by atoms with E-state index in [1.54, 1.807) is 23.9 Å². The number of thioether (sulfide) groups is 1. The quantitative estimate of drug-likeness (QED) is 0.658. The predicted octanol–water partition coefficient (Wildman–Crippen LogP) is 4.42. The summed E-state index contributed by atoms with van der Waals surface area (Å²) in [6.07, 6.45) is 0. The van der Waals surface area contributed by atoms with Gasteiger partial charge in [-0.2, -0.15) is 0 Å². The Bertz CT molecular complexity index is 832. The molecule has 2 aromatic carbocycles. The van der Waals surface area contributed by atoms with Crippen LogP contribution in [0.2, 0.25) is 0 Å². The van der Waals surface area contributed by atoms with E-state index >= 15 is 0 Å². The summed E-state index contributed by atoms with van der Waals surface area (Å²) >= 11 is 1.71. The monoisotopic (exact) mass is 340 g/mol. The number of halogens is 1. The molecule has 6 heteroatoms. The molecular weight excluding hydrogens is 323 g/mol. The molecule has 0 amide bonds. The molecule has 4 rings (SSSR count). The standard InChI is InChI=1S/C18H17FN4S/c1-13(14-5-3-2-4-6-14)24-18-21-20-17-22(11-12-23(17)18)16-9-7-15(19)8-10-16/h2-10,13H,11-12H2,1H3.